The predicted octanol–water partition coefficient (Wildman–Crippen LogP) is -0.485. The predicted molar refractivity (Wildman–Crippen MR) is 69.7 cm³/mol. The normalized spacial score (nSPS) is 11.5. The quantitative estimate of drug-likeness (QED) is 0.293. The van der Waals surface area contributed by atoms with Crippen LogP contribution in [0.2, 0.25) is 0 Å². The average Bonchev–Trinajstić information content (AvgIpc) is 2.74. The van der Waals surface area contributed by atoms with Crippen molar-refractivity contribution in [1.29, 1.82) is 0 Å². The van der Waals surface area contributed by atoms with Crippen LogP contribution in [-0.2, 0) is 16.6 Å². The van der Waals surface area contributed by atoms with Crippen molar-refractivity contribution in [3.8, 4) is 0 Å². The number of ether oxygens (including phenoxy) is 1. The molecule has 0 saturated carbocycles. The maximum Gasteiger partial charge on any atom is 0.336 e. The van der Waals surface area contributed by atoms with E-state index in [1.54, 1.807) is 6.92 Å². The van der Waals surface area contributed by atoms with Crippen LogP contribution in [-0.4, -0.2) is 10.5 Å². The molecule has 1 aromatic heterocycles. The Morgan fingerprint density at radius 1 is 1.47 bits per heavy atom. The second-order valence-corrected chi connectivity index (χ2v) is 4.66. The molecule has 1 atom stereocenters. The third-order valence-electron chi connectivity index (χ3n) is 2.77. The topological polar surface area (TPSA) is 35.1 Å². The second-order valence-electron chi connectivity index (χ2n) is 4.66. The number of nitrogens with zero attached hydrogens (tertiary/aromatic N) is 2. The van der Waals surface area contributed by atoms with E-state index in [4.69, 9.17) is 4.74 Å². The van der Waals surface area contributed by atoms with Crippen LogP contribution in [0.15, 0.2) is 30.9 Å². The van der Waals surface area contributed by atoms with Crippen LogP contribution in [0, 0.1) is 0 Å². The minimum atomic E-state index is -0.326. The molecule has 0 fully saturated rings. The Balaban J connectivity index is 0.00000324. The van der Waals surface area contributed by atoms with Gasteiger partial charge in [-0.3, -0.25) is 0 Å². The average molecular weight is 331 g/mol. The van der Waals surface area contributed by atoms with E-state index in [2.05, 4.69) is 13.5 Å². The monoisotopic (exact) mass is 330 g/mol. The zero-order valence-electron chi connectivity index (χ0n) is 11.9. The Morgan fingerprint density at radius 3 is 2.63 bits per heavy atom. The molecule has 0 amide bonds. The van der Waals surface area contributed by atoms with Crippen molar-refractivity contribution in [3.63, 3.8) is 0 Å². The highest BCUT2D eigenvalue weighted by atomic mass is 79.9. The number of aromatic nitrogens is 2. The highest BCUT2D eigenvalue weighted by Crippen LogP contribution is 2.18. The largest absolute Gasteiger partial charge is 1.00 e. The first-order valence-electron chi connectivity index (χ1n) is 6.43. The molecule has 0 spiro atoms. The van der Waals surface area contributed by atoms with Gasteiger partial charge in [-0.05, 0) is 13.3 Å². The zero-order chi connectivity index (χ0) is 13.5. The molecule has 1 heterocycles. The Hall–Kier alpha value is -1.10. The first kappa shape index (κ1) is 17.9. The van der Waals surface area contributed by atoms with Crippen LogP contribution in [0.3, 0.4) is 0 Å². The fourth-order valence-electron chi connectivity index (χ4n) is 1.70. The summed E-state index contributed by atoms with van der Waals surface area (Å²) in [7, 11) is 1.94. The van der Waals surface area contributed by atoms with Crippen molar-refractivity contribution < 1.29 is 31.1 Å². The van der Waals surface area contributed by atoms with Crippen molar-refractivity contribution in [2.45, 2.75) is 45.8 Å². The molecule has 0 aliphatic heterocycles. The van der Waals surface area contributed by atoms with Gasteiger partial charge >= 0.3 is 5.97 Å². The molecule has 0 aliphatic rings. The van der Waals surface area contributed by atoms with Gasteiger partial charge in [-0.2, -0.15) is 4.57 Å². The van der Waals surface area contributed by atoms with Gasteiger partial charge in [0.1, 0.15) is 12.4 Å². The summed E-state index contributed by atoms with van der Waals surface area (Å²) < 4.78 is 9.33. The number of hydrogen-bond donors (Lipinski definition) is 0. The zero-order valence-corrected chi connectivity index (χ0v) is 13.5. The molecule has 4 nitrogen and oxygen atoms in total. The van der Waals surface area contributed by atoms with E-state index in [1.807, 2.05) is 34.9 Å². The molecule has 0 radical (unpaired) electrons. The molecule has 19 heavy (non-hydrogen) atoms. The van der Waals surface area contributed by atoms with Gasteiger partial charge in [-0.15, -0.1) is 0 Å². The van der Waals surface area contributed by atoms with Gasteiger partial charge in [-0.25, -0.2) is 9.36 Å². The van der Waals surface area contributed by atoms with Crippen molar-refractivity contribution in [2.24, 2.45) is 7.05 Å². The molecule has 5 heteroatoms. The van der Waals surface area contributed by atoms with Gasteiger partial charge in [-0.1, -0.05) is 26.3 Å². The molecular weight excluding hydrogens is 308 g/mol. The Labute approximate surface area is 125 Å². The van der Waals surface area contributed by atoms with Crippen molar-refractivity contribution in [2.75, 3.05) is 0 Å². The maximum absolute atomic E-state index is 11.6. The standard InChI is InChI=1S/C14H23N2O2.BrH/c1-5-6-7-8-13(18-14(17)12(2)3)16-10-9-15(4)11-16;/h9-11,13H,2,5-8H2,1,3-4H3;1H/q+1;/p-1. The molecule has 0 aliphatic carbocycles. The van der Waals surface area contributed by atoms with Crippen LogP contribution in [0.1, 0.15) is 45.8 Å². The lowest BCUT2D eigenvalue weighted by atomic mass is 10.2. The number of hydrogen-bond acceptors (Lipinski definition) is 2. The van der Waals surface area contributed by atoms with Crippen LogP contribution in [0.25, 0.3) is 0 Å². The fraction of sp³-hybridized carbons (Fsp3) is 0.571. The summed E-state index contributed by atoms with van der Waals surface area (Å²) in [4.78, 5) is 11.6. The van der Waals surface area contributed by atoms with Crippen LogP contribution in [0.5, 0.6) is 0 Å². The van der Waals surface area contributed by atoms with E-state index in [-0.39, 0.29) is 29.2 Å². The lowest BCUT2D eigenvalue weighted by Crippen LogP contribution is -3.00. The molecule has 108 valence electrons. The minimum Gasteiger partial charge on any atom is -1.00 e. The summed E-state index contributed by atoms with van der Waals surface area (Å²) in [6, 6.07) is 0. The molecule has 1 rings (SSSR count). The molecule has 1 aromatic rings. The fourth-order valence-corrected chi connectivity index (χ4v) is 1.70. The molecule has 1 unspecified atom stereocenters. The maximum atomic E-state index is 11.6. The molecule has 0 N–H and O–H groups in total. The lowest BCUT2D eigenvalue weighted by molar-refractivity contribution is -0.671. The van der Waals surface area contributed by atoms with Crippen molar-refractivity contribution >= 4 is 5.97 Å². The number of unbranched alkanes of at least 4 members (excludes halogenated alkanes) is 2. The number of aryl methyl sites for hydroxylation is 1. The van der Waals surface area contributed by atoms with Gasteiger partial charge in [0, 0.05) is 12.0 Å². The summed E-state index contributed by atoms with van der Waals surface area (Å²) in [5.74, 6) is -0.326. The second kappa shape index (κ2) is 8.91. The SMILES string of the molecule is C=C(C)C(=O)OC(CCCCC)n1cc[n+](C)c1.[Br-]. The van der Waals surface area contributed by atoms with Gasteiger partial charge in [0.2, 0.25) is 12.6 Å². The summed E-state index contributed by atoms with van der Waals surface area (Å²) in [5, 5.41) is 0. The van der Waals surface area contributed by atoms with Crippen molar-refractivity contribution in [3.05, 3.63) is 30.9 Å². The first-order chi connectivity index (χ1) is 8.54. The number of esters is 1. The van der Waals surface area contributed by atoms with E-state index in [0.717, 1.165) is 25.7 Å². The van der Waals surface area contributed by atoms with Gasteiger partial charge in [0.25, 0.3) is 0 Å². The number of halogens is 1. The number of rotatable bonds is 7. The molecule has 0 saturated heterocycles. The summed E-state index contributed by atoms with van der Waals surface area (Å²) in [6.07, 6.45) is 9.72. The van der Waals surface area contributed by atoms with Crippen molar-refractivity contribution in [1.82, 2.24) is 4.57 Å². The van der Waals surface area contributed by atoms with E-state index >= 15 is 0 Å². The number of carbonyl (C=O) groups is 1. The third kappa shape index (κ3) is 6.05. The lowest BCUT2D eigenvalue weighted by Gasteiger charge is -2.14. The van der Waals surface area contributed by atoms with Crippen LogP contribution < -0.4 is 21.5 Å². The van der Waals surface area contributed by atoms with Gasteiger partial charge < -0.3 is 21.7 Å². The van der Waals surface area contributed by atoms with E-state index in [1.165, 1.54) is 0 Å². The third-order valence-corrected chi connectivity index (χ3v) is 2.77. The smallest absolute Gasteiger partial charge is 0.336 e. The molecule has 0 bridgehead atoms. The summed E-state index contributed by atoms with van der Waals surface area (Å²) in [6.45, 7) is 7.44. The van der Waals surface area contributed by atoms with Gasteiger partial charge in [0.05, 0.1) is 7.05 Å². The molecule has 0 aromatic carbocycles. The minimum absolute atomic E-state index is 0. The Morgan fingerprint density at radius 2 is 2.16 bits per heavy atom. The Bertz CT molecular complexity index is 415. The molecular formula is C14H23BrN2O2. The summed E-state index contributed by atoms with van der Waals surface area (Å²) in [5.41, 5.74) is 0.437. The van der Waals surface area contributed by atoms with E-state index < -0.39 is 0 Å². The Kier molecular flexibility index (Phi) is 8.39. The van der Waals surface area contributed by atoms with E-state index in [0.29, 0.717) is 5.57 Å². The van der Waals surface area contributed by atoms with Crippen LogP contribution in [0.4, 0.5) is 0 Å². The first-order valence-corrected chi connectivity index (χ1v) is 6.43. The number of carbonyl (C=O) groups excluding carboxylic acids is 1. The highest BCUT2D eigenvalue weighted by Gasteiger charge is 2.20. The van der Waals surface area contributed by atoms with Gasteiger partial charge in [0.15, 0.2) is 0 Å². The number of imidazole rings is 1. The van der Waals surface area contributed by atoms with Crippen LogP contribution >= 0.6 is 0 Å². The van der Waals surface area contributed by atoms with E-state index in [9.17, 15) is 4.79 Å². The summed E-state index contributed by atoms with van der Waals surface area (Å²) >= 11 is 0. The highest BCUT2D eigenvalue weighted by molar-refractivity contribution is 5.86.